The van der Waals surface area contributed by atoms with Crippen LogP contribution in [-0.2, 0) is 4.79 Å². The molecule has 1 fully saturated rings. The third-order valence-corrected chi connectivity index (χ3v) is 4.80. The predicted octanol–water partition coefficient (Wildman–Crippen LogP) is 3.97. The van der Waals surface area contributed by atoms with Crippen molar-refractivity contribution in [2.75, 3.05) is 11.9 Å². The van der Waals surface area contributed by atoms with Gasteiger partial charge in [-0.15, -0.1) is 0 Å². The molecule has 1 aromatic rings. The summed E-state index contributed by atoms with van der Waals surface area (Å²) in [5.74, 6) is -1.76. The highest BCUT2D eigenvalue weighted by molar-refractivity contribution is 9.10. The monoisotopic (exact) mass is 360 g/mol. The molecule has 0 bridgehead atoms. The second-order valence-electron chi connectivity index (χ2n) is 5.60. The minimum atomic E-state index is -0.787. The summed E-state index contributed by atoms with van der Waals surface area (Å²) in [6.45, 7) is 0.239. The Bertz CT molecular complexity index is 529. The number of carbonyl (C=O) groups is 1. The maximum atomic E-state index is 13.8. The molecule has 1 aliphatic carbocycles. The van der Waals surface area contributed by atoms with Gasteiger partial charge in [-0.05, 0) is 34.8 Å². The van der Waals surface area contributed by atoms with Gasteiger partial charge in [0.05, 0.1) is 15.6 Å². The first kappa shape index (κ1) is 16.4. The number of hydrogen-bond acceptors (Lipinski definition) is 2. The van der Waals surface area contributed by atoms with Gasteiger partial charge in [-0.25, -0.2) is 8.78 Å². The van der Waals surface area contributed by atoms with Crippen molar-refractivity contribution in [2.45, 2.75) is 38.5 Å². The Labute approximate surface area is 131 Å². The van der Waals surface area contributed by atoms with Gasteiger partial charge in [-0.3, -0.25) is 4.79 Å². The fourth-order valence-corrected chi connectivity index (χ4v) is 3.15. The van der Waals surface area contributed by atoms with Crippen LogP contribution in [-0.4, -0.2) is 12.5 Å². The SMILES string of the molecule is NCC1(C(=O)Nc2cc(Br)c(F)cc2F)CCCCCC1. The van der Waals surface area contributed by atoms with E-state index in [1.54, 1.807) is 0 Å². The molecule has 0 aliphatic heterocycles. The molecule has 2 rings (SSSR count). The number of halogens is 3. The summed E-state index contributed by atoms with van der Waals surface area (Å²) in [5.41, 5.74) is 5.16. The number of benzene rings is 1. The summed E-state index contributed by atoms with van der Waals surface area (Å²) in [7, 11) is 0. The number of hydrogen-bond donors (Lipinski definition) is 2. The predicted molar refractivity (Wildman–Crippen MR) is 81.9 cm³/mol. The summed E-state index contributed by atoms with van der Waals surface area (Å²) in [6.07, 6.45) is 5.48. The van der Waals surface area contributed by atoms with Gasteiger partial charge in [-0.2, -0.15) is 0 Å². The van der Waals surface area contributed by atoms with Crippen LogP contribution < -0.4 is 11.1 Å². The normalized spacial score (nSPS) is 18.1. The Morgan fingerprint density at radius 1 is 1.19 bits per heavy atom. The van der Waals surface area contributed by atoms with Crippen molar-refractivity contribution in [1.29, 1.82) is 0 Å². The van der Waals surface area contributed by atoms with E-state index in [-0.39, 0.29) is 22.6 Å². The molecule has 0 heterocycles. The van der Waals surface area contributed by atoms with Crippen LogP contribution in [0.15, 0.2) is 16.6 Å². The molecule has 3 N–H and O–H groups in total. The number of nitrogens with two attached hydrogens (primary N) is 1. The minimum absolute atomic E-state index is 0.0228. The Kier molecular flexibility index (Phi) is 5.32. The molecule has 6 heteroatoms. The van der Waals surface area contributed by atoms with Crippen LogP contribution in [0, 0.1) is 17.0 Å². The van der Waals surface area contributed by atoms with Crippen LogP contribution in [0.5, 0.6) is 0 Å². The Hall–Kier alpha value is -1.01. The van der Waals surface area contributed by atoms with E-state index in [9.17, 15) is 13.6 Å². The zero-order valence-electron chi connectivity index (χ0n) is 11.7. The first-order chi connectivity index (χ1) is 9.98. The lowest BCUT2D eigenvalue weighted by Crippen LogP contribution is -2.42. The number of carbonyl (C=O) groups excluding carboxylic acids is 1. The topological polar surface area (TPSA) is 55.1 Å². The smallest absolute Gasteiger partial charge is 0.231 e. The number of amides is 1. The molecule has 0 atom stereocenters. The number of anilines is 1. The van der Waals surface area contributed by atoms with Gasteiger partial charge in [0, 0.05) is 12.6 Å². The van der Waals surface area contributed by atoms with Crippen LogP contribution in [0.3, 0.4) is 0 Å². The zero-order chi connectivity index (χ0) is 15.5. The minimum Gasteiger partial charge on any atom is -0.329 e. The lowest BCUT2D eigenvalue weighted by atomic mass is 9.79. The van der Waals surface area contributed by atoms with Crippen LogP contribution in [0.25, 0.3) is 0 Å². The molecule has 0 aromatic heterocycles. The van der Waals surface area contributed by atoms with Gasteiger partial charge in [0.2, 0.25) is 5.91 Å². The third kappa shape index (κ3) is 3.61. The van der Waals surface area contributed by atoms with E-state index in [2.05, 4.69) is 21.2 Å². The van der Waals surface area contributed by atoms with Crippen molar-refractivity contribution in [1.82, 2.24) is 0 Å². The van der Waals surface area contributed by atoms with Gasteiger partial charge >= 0.3 is 0 Å². The molecule has 0 unspecified atom stereocenters. The average Bonchev–Trinajstić information content (AvgIpc) is 2.71. The highest BCUT2D eigenvalue weighted by Crippen LogP contribution is 2.36. The van der Waals surface area contributed by atoms with Crippen molar-refractivity contribution in [3.05, 3.63) is 28.2 Å². The lowest BCUT2D eigenvalue weighted by molar-refractivity contribution is -0.125. The molecular formula is C15H19BrF2N2O. The van der Waals surface area contributed by atoms with Crippen LogP contribution in [0.2, 0.25) is 0 Å². The standard InChI is InChI=1S/C15H19BrF2N2O/c16-10-7-13(12(18)8-11(10)17)20-14(21)15(9-19)5-3-1-2-4-6-15/h7-8H,1-6,9,19H2,(H,20,21). The van der Waals surface area contributed by atoms with E-state index in [1.807, 2.05) is 0 Å². The highest BCUT2D eigenvalue weighted by atomic mass is 79.9. The van der Waals surface area contributed by atoms with Gasteiger partial charge < -0.3 is 11.1 Å². The van der Waals surface area contributed by atoms with E-state index in [0.717, 1.165) is 31.7 Å². The molecule has 21 heavy (non-hydrogen) atoms. The maximum absolute atomic E-state index is 13.8. The second-order valence-corrected chi connectivity index (χ2v) is 6.45. The van der Waals surface area contributed by atoms with Gasteiger partial charge in [0.15, 0.2) is 0 Å². The van der Waals surface area contributed by atoms with Gasteiger partial charge in [0.25, 0.3) is 0 Å². The van der Waals surface area contributed by atoms with Crippen molar-refractivity contribution in [2.24, 2.45) is 11.1 Å². The van der Waals surface area contributed by atoms with Crippen molar-refractivity contribution in [3.8, 4) is 0 Å². The van der Waals surface area contributed by atoms with E-state index < -0.39 is 17.0 Å². The van der Waals surface area contributed by atoms with Crippen molar-refractivity contribution >= 4 is 27.5 Å². The van der Waals surface area contributed by atoms with Crippen molar-refractivity contribution < 1.29 is 13.6 Å². The lowest BCUT2D eigenvalue weighted by Gasteiger charge is -2.30. The Balaban J connectivity index is 2.21. The molecule has 0 radical (unpaired) electrons. The fourth-order valence-electron chi connectivity index (χ4n) is 2.80. The molecule has 1 amide bonds. The zero-order valence-corrected chi connectivity index (χ0v) is 13.3. The summed E-state index contributed by atoms with van der Waals surface area (Å²) in [6, 6.07) is 1.99. The van der Waals surface area contributed by atoms with E-state index in [0.29, 0.717) is 12.8 Å². The molecule has 0 saturated heterocycles. The number of nitrogens with one attached hydrogen (secondary N) is 1. The first-order valence-corrected chi connectivity index (χ1v) is 7.94. The molecular weight excluding hydrogens is 342 g/mol. The largest absolute Gasteiger partial charge is 0.329 e. The Morgan fingerprint density at radius 2 is 1.81 bits per heavy atom. The molecule has 116 valence electrons. The fraction of sp³-hybridized carbons (Fsp3) is 0.533. The van der Waals surface area contributed by atoms with E-state index >= 15 is 0 Å². The number of rotatable bonds is 3. The van der Waals surface area contributed by atoms with E-state index in [4.69, 9.17) is 5.73 Å². The quantitative estimate of drug-likeness (QED) is 0.632. The van der Waals surface area contributed by atoms with E-state index in [1.165, 1.54) is 6.07 Å². The maximum Gasteiger partial charge on any atom is 0.231 e. The molecule has 1 saturated carbocycles. The molecule has 1 aliphatic rings. The molecule has 0 spiro atoms. The third-order valence-electron chi connectivity index (χ3n) is 4.19. The van der Waals surface area contributed by atoms with Crippen molar-refractivity contribution in [3.63, 3.8) is 0 Å². The Morgan fingerprint density at radius 3 is 2.38 bits per heavy atom. The average molecular weight is 361 g/mol. The van der Waals surface area contributed by atoms with Gasteiger partial charge in [0.1, 0.15) is 11.6 Å². The molecule has 1 aromatic carbocycles. The first-order valence-electron chi connectivity index (χ1n) is 7.14. The second kappa shape index (κ2) is 6.83. The highest BCUT2D eigenvalue weighted by Gasteiger charge is 2.37. The van der Waals surface area contributed by atoms with Gasteiger partial charge in [-0.1, -0.05) is 25.7 Å². The van der Waals surface area contributed by atoms with Crippen LogP contribution in [0.4, 0.5) is 14.5 Å². The summed E-state index contributed by atoms with van der Waals surface area (Å²) < 4.78 is 27.1. The van der Waals surface area contributed by atoms with Crippen LogP contribution >= 0.6 is 15.9 Å². The summed E-state index contributed by atoms with van der Waals surface area (Å²) >= 11 is 2.99. The molecule has 3 nitrogen and oxygen atoms in total. The summed E-state index contributed by atoms with van der Waals surface area (Å²) in [5, 5.41) is 2.58. The summed E-state index contributed by atoms with van der Waals surface area (Å²) in [4.78, 5) is 12.6. The van der Waals surface area contributed by atoms with Crippen LogP contribution in [0.1, 0.15) is 38.5 Å².